The lowest BCUT2D eigenvalue weighted by molar-refractivity contribution is 1.19. The van der Waals surface area contributed by atoms with Gasteiger partial charge in [-0.1, -0.05) is 48.5 Å². The Morgan fingerprint density at radius 2 is 0.689 bits per heavy atom. The van der Waals surface area contributed by atoms with Crippen LogP contribution < -0.4 is 21.4 Å². The van der Waals surface area contributed by atoms with Crippen molar-refractivity contribution in [2.75, 3.05) is 0 Å². The highest BCUT2D eigenvalue weighted by Crippen LogP contribution is 2.30. The molecule has 0 unspecified atom stereocenters. The summed E-state index contributed by atoms with van der Waals surface area (Å²) in [6.45, 7) is 0. The topological polar surface area (TPSA) is 63.2 Å². The molecule has 4 nitrogen and oxygen atoms in total. The number of H-pyrrole nitrogens is 4. The molecule has 8 heterocycles. The molecule has 0 saturated carbocycles. The van der Waals surface area contributed by atoms with Crippen molar-refractivity contribution in [3.63, 3.8) is 0 Å². The van der Waals surface area contributed by atoms with Crippen molar-refractivity contribution in [1.82, 2.24) is 19.9 Å². The maximum Gasteiger partial charge on any atom is 0.0494 e. The highest BCUT2D eigenvalue weighted by molar-refractivity contribution is 7.11. The van der Waals surface area contributed by atoms with Gasteiger partial charge in [-0.15, -0.1) is 34.0 Å². The third kappa shape index (κ3) is 4.56. The number of nitrogens with one attached hydrogen (secondary N) is 4. The predicted molar refractivity (Wildman–Crippen MR) is 188 cm³/mol. The summed E-state index contributed by atoms with van der Waals surface area (Å²) in [5.74, 6) is 0. The minimum atomic E-state index is 1.06. The third-order valence-electron chi connectivity index (χ3n) is 8.26. The van der Waals surface area contributed by atoms with E-state index in [-0.39, 0.29) is 0 Å². The molecule has 0 aliphatic carbocycles. The molecule has 0 spiro atoms. The molecule has 0 saturated heterocycles. The molecule has 0 amide bonds. The van der Waals surface area contributed by atoms with E-state index in [1.165, 1.54) is 14.6 Å². The Morgan fingerprint density at radius 3 is 1.07 bits per heavy atom. The molecule has 8 bridgehead atoms. The predicted octanol–water partition coefficient (Wildman–Crippen LogP) is 6.49. The highest BCUT2D eigenvalue weighted by atomic mass is 32.1. The summed E-state index contributed by atoms with van der Waals surface area (Å²) >= 11 is 5.26. The summed E-state index contributed by atoms with van der Waals surface area (Å²) in [5, 5.41) is 10.7. The average Bonchev–Trinajstić information content (AvgIpc) is 3.92. The van der Waals surface area contributed by atoms with E-state index in [2.05, 4.69) is 151 Å². The molecule has 1 aliphatic rings. The van der Waals surface area contributed by atoms with Crippen LogP contribution in [0.4, 0.5) is 0 Å². The Balaban J connectivity index is 1.44. The fraction of sp³-hybridized carbons (Fsp3) is 0. The van der Waals surface area contributed by atoms with E-state index in [4.69, 9.17) is 0 Å². The summed E-state index contributed by atoms with van der Waals surface area (Å²) in [6, 6.07) is 41.2. The van der Waals surface area contributed by atoms with Gasteiger partial charge in [-0.2, -0.15) is 0 Å². The molecule has 7 heteroatoms. The molecular formula is C38H26N4S3. The van der Waals surface area contributed by atoms with Gasteiger partial charge in [0.25, 0.3) is 0 Å². The molecule has 1 aliphatic heterocycles. The lowest BCUT2D eigenvalue weighted by atomic mass is 10.0. The SMILES string of the molecule is c1ccc(C2=c3ccc([nH]3)=C(c3cccs3)c3ccc([nH]3)C(c3cccs3)=c3ccc([nH]3)=C(c3cccs3)c3ccc2[nH]3)cc1. The summed E-state index contributed by atoms with van der Waals surface area (Å²) in [7, 11) is 0. The second-order valence-electron chi connectivity index (χ2n) is 10.9. The number of aromatic amines is 4. The normalized spacial score (nSPS) is 13.2. The van der Waals surface area contributed by atoms with Gasteiger partial charge < -0.3 is 19.9 Å². The number of thiophene rings is 3. The first-order valence-corrected chi connectivity index (χ1v) is 17.4. The smallest absolute Gasteiger partial charge is 0.0494 e. The Labute approximate surface area is 270 Å². The van der Waals surface area contributed by atoms with Crippen molar-refractivity contribution in [1.29, 1.82) is 0 Å². The van der Waals surface area contributed by atoms with Crippen LogP contribution in [0.3, 0.4) is 0 Å². The van der Waals surface area contributed by atoms with Crippen molar-refractivity contribution in [3.05, 3.63) is 196 Å². The average molecular weight is 635 g/mol. The van der Waals surface area contributed by atoms with Gasteiger partial charge in [0.1, 0.15) is 0 Å². The van der Waals surface area contributed by atoms with Gasteiger partial charge in [0.05, 0.1) is 0 Å². The molecule has 1 aromatic carbocycles. The van der Waals surface area contributed by atoms with Crippen LogP contribution in [0.2, 0.25) is 0 Å². The van der Waals surface area contributed by atoms with E-state index in [9.17, 15) is 0 Å². The van der Waals surface area contributed by atoms with Crippen LogP contribution in [0.15, 0.2) is 131 Å². The molecule has 4 N–H and O–H groups in total. The standard InChI is InChI=1S/C38H26N4S3/c1-2-7-23(8-3-1)35-24-12-14-26(39-24)36(32-9-4-20-43-32)28-16-18-30(41-28)38(34-11-6-22-45-34)31-19-17-29(42-31)37(33-10-5-21-44-33)27-15-13-25(35)40-27/h1-22,39-42H. The van der Waals surface area contributed by atoms with Gasteiger partial charge in [0, 0.05) is 81.1 Å². The monoisotopic (exact) mass is 634 g/mol. The van der Waals surface area contributed by atoms with Crippen LogP contribution in [-0.4, -0.2) is 19.9 Å². The Kier molecular flexibility index (Phi) is 6.33. The molecule has 8 aromatic rings. The number of hydrogen-bond acceptors (Lipinski definition) is 3. The quantitative estimate of drug-likeness (QED) is 0.171. The zero-order valence-corrected chi connectivity index (χ0v) is 26.4. The van der Waals surface area contributed by atoms with Gasteiger partial charge in [0.2, 0.25) is 0 Å². The maximum atomic E-state index is 3.84. The first-order valence-electron chi connectivity index (χ1n) is 14.7. The zero-order valence-electron chi connectivity index (χ0n) is 23.9. The number of hydrogen-bond donors (Lipinski definition) is 4. The highest BCUT2D eigenvalue weighted by Gasteiger charge is 2.18. The van der Waals surface area contributed by atoms with E-state index in [1.807, 2.05) is 0 Å². The first kappa shape index (κ1) is 26.3. The number of fused-ring (bicyclic) bond motifs is 8. The fourth-order valence-corrected chi connectivity index (χ4v) is 8.70. The van der Waals surface area contributed by atoms with Crippen molar-refractivity contribution >= 4 is 56.3 Å². The minimum Gasteiger partial charge on any atom is -0.354 e. The molecule has 45 heavy (non-hydrogen) atoms. The summed E-state index contributed by atoms with van der Waals surface area (Å²) in [6.07, 6.45) is 0. The second-order valence-corrected chi connectivity index (χ2v) is 13.8. The fourth-order valence-electron chi connectivity index (χ4n) is 6.30. The lowest BCUT2D eigenvalue weighted by Gasteiger charge is -2.08. The summed E-state index contributed by atoms with van der Waals surface area (Å²) in [5.41, 5.74) is 10.0. The van der Waals surface area contributed by atoms with Crippen molar-refractivity contribution < 1.29 is 0 Å². The molecule has 9 rings (SSSR count). The van der Waals surface area contributed by atoms with Crippen LogP contribution in [0.5, 0.6) is 0 Å². The van der Waals surface area contributed by atoms with E-state index >= 15 is 0 Å². The van der Waals surface area contributed by atoms with Gasteiger partial charge in [-0.25, -0.2) is 0 Å². The van der Waals surface area contributed by atoms with Gasteiger partial charge in [-0.3, -0.25) is 0 Å². The van der Waals surface area contributed by atoms with E-state index in [0.29, 0.717) is 0 Å². The van der Waals surface area contributed by atoms with Crippen LogP contribution >= 0.6 is 34.0 Å². The minimum absolute atomic E-state index is 1.06. The van der Waals surface area contributed by atoms with Crippen LogP contribution in [-0.2, 0) is 0 Å². The molecule has 0 atom stereocenters. The van der Waals surface area contributed by atoms with Crippen LogP contribution in [0.25, 0.3) is 22.3 Å². The first-order chi connectivity index (χ1) is 22.3. The molecular weight excluding hydrogens is 609 g/mol. The lowest BCUT2D eigenvalue weighted by Crippen LogP contribution is -2.18. The molecule has 0 fully saturated rings. The van der Waals surface area contributed by atoms with Gasteiger partial charge in [0.15, 0.2) is 0 Å². The van der Waals surface area contributed by atoms with Gasteiger partial charge in [-0.05, 0) is 88.4 Å². The summed E-state index contributed by atoms with van der Waals surface area (Å²) < 4.78 is 0. The van der Waals surface area contributed by atoms with E-state index in [1.54, 1.807) is 34.0 Å². The number of rotatable bonds is 4. The van der Waals surface area contributed by atoms with E-state index < -0.39 is 0 Å². The van der Waals surface area contributed by atoms with Gasteiger partial charge >= 0.3 is 0 Å². The second kappa shape index (κ2) is 10.8. The van der Waals surface area contributed by atoms with Crippen LogP contribution in [0.1, 0.15) is 43.0 Å². The molecule has 216 valence electrons. The molecule has 7 aromatic heterocycles. The van der Waals surface area contributed by atoms with Crippen molar-refractivity contribution in [3.8, 4) is 0 Å². The largest absolute Gasteiger partial charge is 0.354 e. The number of aromatic nitrogens is 4. The summed E-state index contributed by atoms with van der Waals surface area (Å²) in [4.78, 5) is 19.0. The Morgan fingerprint density at radius 1 is 0.311 bits per heavy atom. The zero-order chi connectivity index (χ0) is 29.7. The maximum absolute atomic E-state index is 3.84. The molecule has 0 radical (unpaired) electrons. The number of benzene rings is 1. The third-order valence-corrected chi connectivity index (χ3v) is 10.9. The van der Waals surface area contributed by atoms with Crippen molar-refractivity contribution in [2.45, 2.75) is 0 Å². The van der Waals surface area contributed by atoms with E-state index in [0.717, 1.165) is 72.0 Å². The Hall–Kier alpha value is -5.08. The Bertz CT molecular complexity index is 2520. The van der Waals surface area contributed by atoms with Crippen molar-refractivity contribution in [2.24, 2.45) is 0 Å². The van der Waals surface area contributed by atoms with Crippen LogP contribution in [0, 0.1) is 0 Å².